The molecule has 3 unspecified atom stereocenters. The summed E-state index contributed by atoms with van der Waals surface area (Å²) in [4.78, 5) is 31.7. The minimum atomic E-state index is -0.279. The summed E-state index contributed by atoms with van der Waals surface area (Å²) in [6, 6.07) is 17.4. The maximum Gasteiger partial charge on any atom is 0.242 e. The van der Waals surface area contributed by atoms with Gasteiger partial charge in [-0.25, -0.2) is 0 Å². The van der Waals surface area contributed by atoms with Crippen LogP contribution in [0.15, 0.2) is 60.0 Å². The molecule has 4 nitrogen and oxygen atoms in total. The van der Waals surface area contributed by atoms with Gasteiger partial charge < -0.3 is 9.80 Å². The molecule has 2 heterocycles. The van der Waals surface area contributed by atoms with Crippen molar-refractivity contribution in [1.29, 1.82) is 0 Å². The van der Waals surface area contributed by atoms with Gasteiger partial charge in [-0.2, -0.15) is 0 Å². The molecule has 2 amide bonds. The number of thiophene rings is 1. The standard InChI is InChI=1S/C27H26Cl2N2O2S/c1-2-30(27(33)22-15-21(22)17-6-4-3-5-7-17)16-25(32)31-12-10-24-20(11-13-34-24)26(31)19-9-8-18(28)14-23(19)29/h3-9,11,13-14,21-22,26H,2,10,12,15-16H2,1H3. The summed E-state index contributed by atoms with van der Waals surface area (Å²) >= 11 is 14.4. The summed E-state index contributed by atoms with van der Waals surface area (Å²) in [5, 5.41) is 3.17. The van der Waals surface area contributed by atoms with Gasteiger partial charge in [0.05, 0.1) is 12.6 Å². The Bertz CT molecular complexity index is 1210. The topological polar surface area (TPSA) is 40.6 Å². The summed E-state index contributed by atoms with van der Waals surface area (Å²) in [6.45, 7) is 3.12. The number of amides is 2. The molecule has 0 radical (unpaired) electrons. The Labute approximate surface area is 214 Å². The zero-order chi connectivity index (χ0) is 23.8. The maximum absolute atomic E-state index is 13.6. The van der Waals surface area contributed by atoms with Crippen LogP contribution in [-0.4, -0.2) is 41.2 Å². The third-order valence-electron chi connectivity index (χ3n) is 6.90. The number of hydrogen-bond donors (Lipinski definition) is 0. The van der Waals surface area contributed by atoms with Crippen LogP contribution in [0.4, 0.5) is 0 Å². The zero-order valence-electron chi connectivity index (χ0n) is 18.9. The lowest BCUT2D eigenvalue weighted by Gasteiger charge is -2.38. The highest BCUT2D eigenvalue weighted by atomic mass is 35.5. The predicted octanol–water partition coefficient (Wildman–Crippen LogP) is 6.18. The number of hydrogen-bond acceptors (Lipinski definition) is 3. The average Bonchev–Trinajstić information content (AvgIpc) is 3.50. The summed E-state index contributed by atoms with van der Waals surface area (Å²) in [6.07, 6.45) is 1.65. The second-order valence-corrected chi connectivity index (χ2v) is 10.8. The van der Waals surface area contributed by atoms with Gasteiger partial charge in [-0.15, -0.1) is 11.3 Å². The third kappa shape index (κ3) is 4.49. The lowest BCUT2D eigenvalue weighted by Crippen LogP contribution is -2.47. The van der Waals surface area contributed by atoms with Gasteiger partial charge in [0.15, 0.2) is 0 Å². The van der Waals surface area contributed by atoms with E-state index in [0.29, 0.717) is 23.1 Å². The van der Waals surface area contributed by atoms with Gasteiger partial charge in [-0.05, 0) is 66.0 Å². The van der Waals surface area contributed by atoms with E-state index in [0.717, 1.165) is 24.0 Å². The van der Waals surface area contributed by atoms with Gasteiger partial charge in [0, 0.05) is 33.9 Å². The van der Waals surface area contributed by atoms with Crippen LogP contribution in [0.1, 0.15) is 46.9 Å². The molecule has 0 bridgehead atoms. The smallest absolute Gasteiger partial charge is 0.242 e. The molecule has 0 spiro atoms. The Kier molecular flexibility index (Phi) is 6.70. The lowest BCUT2D eigenvalue weighted by atomic mass is 9.93. The molecule has 7 heteroatoms. The fourth-order valence-electron chi connectivity index (χ4n) is 5.01. The minimum absolute atomic E-state index is 0.0403. The van der Waals surface area contributed by atoms with Crippen molar-refractivity contribution in [3.05, 3.63) is 91.6 Å². The molecule has 1 aliphatic heterocycles. The molecule has 0 saturated heterocycles. The molecule has 176 valence electrons. The van der Waals surface area contributed by atoms with Crippen molar-refractivity contribution in [3.63, 3.8) is 0 Å². The number of fused-ring (bicyclic) bond motifs is 1. The van der Waals surface area contributed by atoms with Gasteiger partial charge in [0.1, 0.15) is 0 Å². The summed E-state index contributed by atoms with van der Waals surface area (Å²) in [5.41, 5.74) is 3.16. The van der Waals surface area contributed by atoms with Gasteiger partial charge >= 0.3 is 0 Å². The van der Waals surface area contributed by atoms with E-state index in [9.17, 15) is 9.59 Å². The molecule has 1 saturated carbocycles. The highest BCUT2D eigenvalue weighted by molar-refractivity contribution is 7.10. The Morgan fingerprint density at radius 2 is 1.88 bits per heavy atom. The molecular weight excluding hydrogens is 487 g/mol. The third-order valence-corrected chi connectivity index (χ3v) is 8.46. The number of carbonyl (C=O) groups excluding carboxylic acids is 2. The summed E-state index contributed by atoms with van der Waals surface area (Å²) in [5.74, 6) is 0.224. The fraction of sp³-hybridized carbons (Fsp3) is 0.333. The Morgan fingerprint density at radius 1 is 1.09 bits per heavy atom. The average molecular weight is 513 g/mol. The van der Waals surface area contributed by atoms with Crippen LogP contribution in [0.25, 0.3) is 0 Å². The van der Waals surface area contributed by atoms with Crippen LogP contribution in [0.3, 0.4) is 0 Å². The first-order chi connectivity index (χ1) is 16.5. The monoisotopic (exact) mass is 512 g/mol. The number of likely N-dealkylation sites (N-methyl/N-ethyl adjacent to an activating group) is 1. The lowest BCUT2D eigenvalue weighted by molar-refractivity contribution is -0.142. The number of rotatable bonds is 6. The number of halogens is 2. The molecule has 34 heavy (non-hydrogen) atoms. The summed E-state index contributed by atoms with van der Waals surface area (Å²) < 4.78 is 0. The van der Waals surface area contributed by atoms with Crippen LogP contribution >= 0.6 is 34.5 Å². The van der Waals surface area contributed by atoms with Crippen LogP contribution < -0.4 is 0 Å². The highest BCUT2D eigenvalue weighted by Gasteiger charge is 2.46. The molecular formula is C27H26Cl2N2O2S. The van der Waals surface area contributed by atoms with E-state index in [-0.39, 0.29) is 36.2 Å². The number of nitrogens with zero attached hydrogens (tertiary/aromatic N) is 2. The van der Waals surface area contributed by atoms with Crippen molar-refractivity contribution in [2.24, 2.45) is 5.92 Å². The SMILES string of the molecule is CCN(CC(=O)N1CCc2sccc2C1c1ccc(Cl)cc1Cl)C(=O)C1CC1c1ccccc1. The first kappa shape index (κ1) is 23.4. The second-order valence-electron chi connectivity index (χ2n) is 8.92. The van der Waals surface area contributed by atoms with Gasteiger partial charge in [0.25, 0.3) is 0 Å². The zero-order valence-corrected chi connectivity index (χ0v) is 21.2. The van der Waals surface area contributed by atoms with E-state index in [1.54, 1.807) is 22.3 Å². The number of benzene rings is 2. The molecule has 5 rings (SSSR count). The normalized spacial score (nSPS) is 21.1. The molecule has 0 N–H and O–H groups in total. The largest absolute Gasteiger partial charge is 0.333 e. The van der Waals surface area contributed by atoms with Crippen molar-refractivity contribution < 1.29 is 9.59 Å². The van der Waals surface area contributed by atoms with Gasteiger partial charge in [-0.3, -0.25) is 9.59 Å². The minimum Gasteiger partial charge on any atom is -0.333 e. The molecule has 1 aliphatic carbocycles. The van der Waals surface area contributed by atoms with E-state index in [1.165, 1.54) is 10.4 Å². The Morgan fingerprint density at radius 3 is 2.62 bits per heavy atom. The van der Waals surface area contributed by atoms with Gasteiger partial charge in [0.2, 0.25) is 11.8 Å². The molecule has 3 aromatic rings. The highest BCUT2D eigenvalue weighted by Crippen LogP contribution is 2.48. The van der Waals surface area contributed by atoms with E-state index in [2.05, 4.69) is 23.6 Å². The van der Waals surface area contributed by atoms with Crippen molar-refractivity contribution >= 4 is 46.4 Å². The van der Waals surface area contributed by atoms with E-state index in [4.69, 9.17) is 23.2 Å². The van der Waals surface area contributed by atoms with E-state index in [1.807, 2.05) is 42.2 Å². The molecule has 3 atom stereocenters. The maximum atomic E-state index is 13.6. The molecule has 2 aromatic carbocycles. The molecule has 1 aromatic heterocycles. The fourth-order valence-corrected chi connectivity index (χ4v) is 6.43. The van der Waals surface area contributed by atoms with Crippen molar-refractivity contribution in [1.82, 2.24) is 9.80 Å². The predicted molar refractivity (Wildman–Crippen MR) is 138 cm³/mol. The van der Waals surface area contributed by atoms with E-state index >= 15 is 0 Å². The molecule has 2 aliphatic rings. The quantitative estimate of drug-likeness (QED) is 0.395. The van der Waals surface area contributed by atoms with Crippen molar-refractivity contribution in [3.8, 4) is 0 Å². The Hall–Kier alpha value is -2.34. The number of carbonyl (C=O) groups is 2. The Balaban J connectivity index is 1.36. The van der Waals surface area contributed by atoms with Crippen molar-refractivity contribution in [2.45, 2.75) is 31.7 Å². The first-order valence-corrected chi connectivity index (χ1v) is 13.3. The van der Waals surface area contributed by atoms with E-state index < -0.39 is 0 Å². The molecule has 1 fully saturated rings. The van der Waals surface area contributed by atoms with Crippen molar-refractivity contribution in [2.75, 3.05) is 19.6 Å². The van der Waals surface area contributed by atoms with Crippen LogP contribution in [0, 0.1) is 5.92 Å². The van der Waals surface area contributed by atoms with Crippen LogP contribution in [0.5, 0.6) is 0 Å². The summed E-state index contributed by atoms with van der Waals surface area (Å²) in [7, 11) is 0. The van der Waals surface area contributed by atoms with Crippen LogP contribution in [0.2, 0.25) is 10.0 Å². The van der Waals surface area contributed by atoms with Gasteiger partial charge in [-0.1, -0.05) is 59.6 Å². The second kappa shape index (κ2) is 9.73. The van der Waals surface area contributed by atoms with Crippen LogP contribution in [-0.2, 0) is 16.0 Å². The first-order valence-electron chi connectivity index (χ1n) is 11.6.